The number of hydrogen-bond donors (Lipinski definition) is 1. The van der Waals surface area contributed by atoms with Gasteiger partial charge in [0.15, 0.2) is 0 Å². The smallest absolute Gasteiger partial charge is 0.141 e. The molecule has 0 aliphatic heterocycles. The molecule has 2 N–H and O–H groups in total. The number of anilines is 1. The summed E-state index contributed by atoms with van der Waals surface area (Å²) >= 11 is 3.06. The fraction of sp³-hybridized carbons (Fsp3) is 0. The molecule has 0 radical (unpaired) electrons. The second-order valence-electron chi connectivity index (χ2n) is 3.54. The number of hydrogen-bond acceptors (Lipinski definition) is 3. The predicted octanol–water partition coefficient (Wildman–Crippen LogP) is 3.83. The molecular formula is C13H8BrFN2O. The largest absolute Gasteiger partial charge is 0.457 e. The van der Waals surface area contributed by atoms with Crippen LogP contribution in [0.25, 0.3) is 0 Å². The minimum atomic E-state index is -0.408. The number of halogens is 2. The Morgan fingerprint density at radius 3 is 2.44 bits per heavy atom. The first-order valence-corrected chi connectivity index (χ1v) is 5.82. The van der Waals surface area contributed by atoms with E-state index in [1.807, 2.05) is 6.07 Å². The van der Waals surface area contributed by atoms with E-state index in [1.165, 1.54) is 12.1 Å². The first-order valence-electron chi connectivity index (χ1n) is 5.02. The molecule has 5 heteroatoms. The summed E-state index contributed by atoms with van der Waals surface area (Å²) in [4.78, 5) is 0. The molecule has 0 unspecified atom stereocenters. The van der Waals surface area contributed by atoms with Gasteiger partial charge < -0.3 is 10.5 Å². The van der Waals surface area contributed by atoms with Crippen LogP contribution in [0, 0.1) is 17.1 Å². The molecule has 3 nitrogen and oxygen atoms in total. The molecular weight excluding hydrogens is 299 g/mol. The lowest BCUT2D eigenvalue weighted by molar-refractivity contribution is 0.476. The van der Waals surface area contributed by atoms with Gasteiger partial charge in [-0.3, -0.25) is 0 Å². The zero-order valence-electron chi connectivity index (χ0n) is 9.15. The minimum Gasteiger partial charge on any atom is -0.457 e. The van der Waals surface area contributed by atoms with E-state index in [-0.39, 0.29) is 0 Å². The van der Waals surface area contributed by atoms with Gasteiger partial charge in [-0.1, -0.05) is 0 Å². The maximum absolute atomic E-state index is 13.3. The quantitative estimate of drug-likeness (QED) is 0.858. The van der Waals surface area contributed by atoms with Gasteiger partial charge in [0.05, 0.1) is 15.7 Å². The van der Waals surface area contributed by atoms with Crippen molar-refractivity contribution < 1.29 is 9.13 Å². The van der Waals surface area contributed by atoms with Gasteiger partial charge in [0.2, 0.25) is 0 Å². The summed E-state index contributed by atoms with van der Waals surface area (Å²) in [7, 11) is 0. The Hall–Kier alpha value is -2.06. The third-order valence-corrected chi connectivity index (χ3v) is 2.91. The van der Waals surface area contributed by atoms with E-state index < -0.39 is 5.82 Å². The number of rotatable bonds is 2. The maximum atomic E-state index is 13.3. The molecule has 0 aliphatic rings. The van der Waals surface area contributed by atoms with Crippen molar-refractivity contribution in [3.63, 3.8) is 0 Å². The number of nitriles is 1. The molecule has 0 amide bonds. The number of benzene rings is 2. The van der Waals surface area contributed by atoms with Crippen LogP contribution in [0.3, 0.4) is 0 Å². The van der Waals surface area contributed by atoms with Crippen molar-refractivity contribution in [2.75, 3.05) is 5.73 Å². The van der Waals surface area contributed by atoms with Crippen molar-refractivity contribution >= 4 is 21.6 Å². The van der Waals surface area contributed by atoms with Crippen molar-refractivity contribution in [1.29, 1.82) is 5.26 Å². The van der Waals surface area contributed by atoms with E-state index in [1.54, 1.807) is 24.3 Å². The lowest BCUT2D eigenvalue weighted by Gasteiger charge is -2.07. The average Bonchev–Trinajstić information content (AvgIpc) is 2.34. The van der Waals surface area contributed by atoms with Gasteiger partial charge in [0.1, 0.15) is 23.4 Å². The van der Waals surface area contributed by atoms with Crippen LogP contribution in [0.5, 0.6) is 11.5 Å². The molecule has 0 bridgehead atoms. The highest BCUT2D eigenvalue weighted by Gasteiger charge is 2.05. The molecule has 0 saturated carbocycles. The lowest BCUT2D eigenvalue weighted by Crippen LogP contribution is -1.92. The Morgan fingerprint density at radius 1 is 1.17 bits per heavy atom. The lowest BCUT2D eigenvalue weighted by atomic mass is 10.2. The van der Waals surface area contributed by atoms with Gasteiger partial charge in [0.25, 0.3) is 0 Å². The van der Waals surface area contributed by atoms with E-state index in [0.717, 1.165) is 0 Å². The summed E-state index contributed by atoms with van der Waals surface area (Å²) in [6.07, 6.45) is 0. The Morgan fingerprint density at radius 2 is 1.83 bits per heavy atom. The molecule has 0 fully saturated rings. The predicted molar refractivity (Wildman–Crippen MR) is 69.7 cm³/mol. The number of ether oxygens (including phenoxy) is 1. The van der Waals surface area contributed by atoms with Gasteiger partial charge in [0, 0.05) is 12.1 Å². The van der Waals surface area contributed by atoms with Crippen LogP contribution in [0.2, 0.25) is 0 Å². The normalized spacial score (nSPS) is 9.83. The molecule has 2 aromatic rings. The molecule has 0 saturated heterocycles. The third-order valence-electron chi connectivity index (χ3n) is 2.27. The van der Waals surface area contributed by atoms with Crippen molar-refractivity contribution in [2.45, 2.75) is 0 Å². The summed E-state index contributed by atoms with van der Waals surface area (Å²) in [5, 5.41) is 8.74. The van der Waals surface area contributed by atoms with Gasteiger partial charge in [-0.15, -0.1) is 0 Å². The highest BCUT2D eigenvalue weighted by Crippen LogP contribution is 2.27. The second kappa shape index (κ2) is 5.07. The number of nitrogen functional groups attached to an aromatic ring is 1. The van der Waals surface area contributed by atoms with Crippen LogP contribution in [0.15, 0.2) is 40.9 Å². The standard InChI is InChI=1S/C13H8BrFN2O/c14-11-4-3-9(5-12(11)15)18-10-2-1-8(7-16)13(17)6-10/h1-6H,17H2. The first-order chi connectivity index (χ1) is 8.60. The molecule has 2 aromatic carbocycles. The highest BCUT2D eigenvalue weighted by atomic mass is 79.9. The fourth-order valence-corrected chi connectivity index (χ4v) is 1.63. The van der Waals surface area contributed by atoms with Gasteiger partial charge >= 0.3 is 0 Å². The van der Waals surface area contributed by atoms with Crippen LogP contribution < -0.4 is 10.5 Å². The van der Waals surface area contributed by atoms with E-state index >= 15 is 0 Å². The van der Waals surface area contributed by atoms with Crippen LogP contribution >= 0.6 is 15.9 Å². The molecule has 90 valence electrons. The molecule has 2 rings (SSSR count). The molecule has 0 spiro atoms. The summed E-state index contributed by atoms with van der Waals surface area (Å²) in [6, 6.07) is 11.1. The van der Waals surface area contributed by atoms with E-state index in [4.69, 9.17) is 15.7 Å². The maximum Gasteiger partial charge on any atom is 0.141 e. The van der Waals surface area contributed by atoms with Crippen LogP contribution in [-0.2, 0) is 0 Å². The van der Waals surface area contributed by atoms with Gasteiger partial charge in [-0.05, 0) is 40.2 Å². The van der Waals surface area contributed by atoms with Crippen molar-refractivity contribution in [3.05, 3.63) is 52.3 Å². The van der Waals surface area contributed by atoms with Crippen LogP contribution in [0.1, 0.15) is 5.56 Å². The minimum absolute atomic E-state index is 0.326. The Labute approximate surface area is 112 Å². The average molecular weight is 307 g/mol. The summed E-state index contributed by atoms with van der Waals surface area (Å²) in [6.45, 7) is 0. The first kappa shape index (κ1) is 12.4. The fourth-order valence-electron chi connectivity index (χ4n) is 1.38. The summed E-state index contributed by atoms with van der Waals surface area (Å²) < 4.78 is 19.1. The van der Waals surface area contributed by atoms with Crippen LogP contribution in [-0.4, -0.2) is 0 Å². The van der Waals surface area contributed by atoms with Crippen molar-refractivity contribution in [2.24, 2.45) is 0 Å². The molecule has 0 atom stereocenters. The highest BCUT2D eigenvalue weighted by molar-refractivity contribution is 9.10. The third kappa shape index (κ3) is 2.60. The monoisotopic (exact) mass is 306 g/mol. The Balaban J connectivity index is 2.26. The van der Waals surface area contributed by atoms with Crippen molar-refractivity contribution in [3.8, 4) is 17.6 Å². The van der Waals surface area contributed by atoms with E-state index in [0.29, 0.717) is 27.2 Å². The summed E-state index contributed by atoms with van der Waals surface area (Å²) in [5.74, 6) is 0.405. The summed E-state index contributed by atoms with van der Waals surface area (Å²) in [5.41, 5.74) is 6.36. The Bertz CT molecular complexity index is 637. The second-order valence-corrected chi connectivity index (χ2v) is 4.39. The van der Waals surface area contributed by atoms with E-state index in [2.05, 4.69) is 15.9 Å². The van der Waals surface area contributed by atoms with Crippen LogP contribution in [0.4, 0.5) is 10.1 Å². The number of nitrogens with two attached hydrogens (primary N) is 1. The van der Waals surface area contributed by atoms with Gasteiger partial charge in [-0.25, -0.2) is 4.39 Å². The van der Waals surface area contributed by atoms with Gasteiger partial charge in [-0.2, -0.15) is 5.26 Å². The molecule has 0 aromatic heterocycles. The number of nitrogens with zero attached hydrogens (tertiary/aromatic N) is 1. The molecule has 0 heterocycles. The topological polar surface area (TPSA) is 59.0 Å². The Kier molecular flexibility index (Phi) is 3.49. The zero-order valence-corrected chi connectivity index (χ0v) is 10.7. The van der Waals surface area contributed by atoms with Crippen molar-refractivity contribution in [1.82, 2.24) is 0 Å². The van der Waals surface area contributed by atoms with E-state index in [9.17, 15) is 4.39 Å². The molecule has 18 heavy (non-hydrogen) atoms. The zero-order chi connectivity index (χ0) is 13.1. The molecule has 0 aliphatic carbocycles. The SMILES string of the molecule is N#Cc1ccc(Oc2ccc(Br)c(F)c2)cc1N.